The molecule has 0 aliphatic carbocycles. The van der Waals surface area contributed by atoms with Crippen molar-refractivity contribution in [3.8, 4) is 5.75 Å². The molecule has 1 aliphatic heterocycles. The van der Waals surface area contributed by atoms with Crippen LogP contribution in [0.25, 0.3) is 6.08 Å². The smallest absolute Gasteiger partial charge is 0.127 e. The number of rotatable bonds is 2. The van der Waals surface area contributed by atoms with Crippen molar-refractivity contribution in [3.63, 3.8) is 0 Å². The van der Waals surface area contributed by atoms with Gasteiger partial charge in [-0.1, -0.05) is 37.6 Å². The summed E-state index contributed by atoms with van der Waals surface area (Å²) in [6.07, 6.45) is 6.84. The van der Waals surface area contributed by atoms with Gasteiger partial charge in [-0.25, -0.2) is 0 Å². The third kappa shape index (κ3) is 1.74. The molecule has 1 aromatic carbocycles. The molecule has 1 atom stereocenters. The highest BCUT2D eigenvalue weighted by Crippen LogP contribution is 2.26. The summed E-state index contributed by atoms with van der Waals surface area (Å²) < 4.78 is 5.79. The third-order valence-corrected chi connectivity index (χ3v) is 2.26. The maximum absolute atomic E-state index is 5.79. The number of fused-ring (bicyclic) bond motifs is 1. The standard InChI is InChI=1S/C12H14O/c1-2-5-11-9-8-10-6-3-4-7-12(10)13-11/h3-4,6-9,11H,2,5H2,1H3/t11-/m1/s1. The van der Waals surface area contributed by atoms with Gasteiger partial charge in [-0.05, 0) is 18.6 Å². The van der Waals surface area contributed by atoms with Crippen LogP contribution in [-0.2, 0) is 0 Å². The molecule has 1 heteroatoms. The Labute approximate surface area is 79.0 Å². The van der Waals surface area contributed by atoms with Gasteiger partial charge in [0, 0.05) is 5.56 Å². The summed E-state index contributed by atoms with van der Waals surface area (Å²) in [6, 6.07) is 8.16. The van der Waals surface area contributed by atoms with Gasteiger partial charge in [0.05, 0.1) is 0 Å². The van der Waals surface area contributed by atoms with Gasteiger partial charge in [0.1, 0.15) is 11.9 Å². The van der Waals surface area contributed by atoms with E-state index >= 15 is 0 Å². The number of para-hydroxylation sites is 1. The lowest BCUT2D eigenvalue weighted by molar-refractivity contribution is 0.234. The average Bonchev–Trinajstić information content (AvgIpc) is 2.18. The zero-order valence-electron chi connectivity index (χ0n) is 7.86. The minimum Gasteiger partial charge on any atom is -0.486 e. The van der Waals surface area contributed by atoms with E-state index < -0.39 is 0 Å². The molecule has 0 amide bonds. The molecule has 68 valence electrons. The first kappa shape index (κ1) is 8.36. The van der Waals surface area contributed by atoms with Crippen LogP contribution in [0.5, 0.6) is 5.75 Å². The van der Waals surface area contributed by atoms with E-state index in [9.17, 15) is 0 Å². The van der Waals surface area contributed by atoms with E-state index in [0.29, 0.717) is 0 Å². The molecular formula is C12H14O. The van der Waals surface area contributed by atoms with Crippen LogP contribution in [0, 0.1) is 0 Å². The molecule has 0 spiro atoms. The lowest BCUT2D eigenvalue weighted by Crippen LogP contribution is -2.16. The van der Waals surface area contributed by atoms with Crippen LogP contribution in [-0.4, -0.2) is 6.10 Å². The predicted octanol–water partition coefficient (Wildman–Crippen LogP) is 3.26. The SMILES string of the molecule is CCC[C@@H]1C=Cc2ccccc2O1. The highest BCUT2D eigenvalue weighted by Gasteiger charge is 2.12. The molecule has 1 heterocycles. The lowest BCUT2D eigenvalue weighted by atomic mass is 10.1. The summed E-state index contributed by atoms with van der Waals surface area (Å²) >= 11 is 0. The Morgan fingerprint density at radius 3 is 3.00 bits per heavy atom. The van der Waals surface area contributed by atoms with Crippen LogP contribution >= 0.6 is 0 Å². The first-order valence-electron chi connectivity index (χ1n) is 4.84. The second kappa shape index (κ2) is 3.65. The number of benzene rings is 1. The molecule has 0 unspecified atom stereocenters. The van der Waals surface area contributed by atoms with Crippen LogP contribution in [0.2, 0.25) is 0 Å². The maximum atomic E-state index is 5.79. The van der Waals surface area contributed by atoms with Crippen LogP contribution in [0.4, 0.5) is 0 Å². The molecule has 0 radical (unpaired) electrons. The Bertz CT molecular complexity index is 315. The van der Waals surface area contributed by atoms with Crippen molar-refractivity contribution in [1.82, 2.24) is 0 Å². The summed E-state index contributed by atoms with van der Waals surface area (Å²) in [7, 11) is 0. The molecule has 2 rings (SSSR count). The average molecular weight is 174 g/mol. The predicted molar refractivity (Wildman–Crippen MR) is 54.8 cm³/mol. The van der Waals surface area contributed by atoms with Crippen LogP contribution < -0.4 is 4.74 Å². The van der Waals surface area contributed by atoms with Gasteiger partial charge in [0.15, 0.2) is 0 Å². The zero-order chi connectivity index (χ0) is 9.10. The second-order valence-electron chi connectivity index (χ2n) is 3.34. The van der Waals surface area contributed by atoms with Gasteiger partial charge >= 0.3 is 0 Å². The topological polar surface area (TPSA) is 9.23 Å². The first-order chi connectivity index (χ1) is 6.40. The van der Waals surface area contributed by atoms with Crippen molar-refractivity contribution >= 4 is 6.08 Å². The fourth-order valence-electron chi connectivity index (χ4n) is 1.58. The van der Waals surface area contributed by atoms with Gasteiger partial charge in [-0.15, -0.1) is 0 Å². The third-order valence-electron chi connectivity index (χ3n) is 2.26. The van der Waals surface area contributed by atoms with Gasteiger partial charge in [-0.3, -0.25) is 0 Å². The van der Waals surface area contributed by atoms with Crippen LogP contribution in [0.1, 0.15) is 25.3 Å². The zero-order valence-corrected chi connectivity index (χ0v) is 7.86. The first-order valence-corrected chi connectivity index (χ1v) is 4.84. The van der Waals surface area contributed by atoms with Crippen LogP contribution in [0.3, 0.4) is 0 Å². The van der Waals surface area contributed by atoms with Crippen molar-refractivity contribution in [3.05, 3.63) is 35.9 Å². The molecule has 1 aliphatic rings. The summed E-state index contributed by atoms with van der Waals surface area (Å²) in [5.74, 6) is 1.02. The highest BCUT2D eigenvalue weighted by atomic mass is 16.5. The van der Waals surface area contributed by atoms with E-state index in [1.807, 2.05) is 18.2 Å². The molecule has 1 nitrogen and oxygen atoms in total. The van der Waals surface area contributed by atoms with E-state index in [4.69, 9.17) is 4.74 Å². The molecule has 0 N–H and O–H groups in total. The summed E-state index contributed by atoms with van der Waals surface area (Å²) in [4.78, 5) is 0. The van der Waals surface area contributed by atoms with Gasteiger partial charge in [-0.2, -0.15) is 0 Å². The summed E-state index contributed by atoms with van der Waals surface area (Å²) in [5, 5.41) is 0. The highest BCUT2D eigenvalue weighted by molar-refractivity contribution is 5.59. The maximum Gasteiger partial charge on any atom is 0.127 e. The molecule has 13 heavy (non-hydrogen) atoms. The van der Waals surface area contributed by atoms with Crippen molar-refractivity contribution in [2.75, 3.05) is 0 Å². The van der Waals surface area contributed by atoms with Crippen molar-refractivity contribution < 1.29 is 4.74 Å². The normalized spacial score (nSPS) is 19.3. The Hall–Kier alpha value is -1.24. The Morgan fingerprint density at radius 2 is 2.15 bits per heavy atom. The van der Waals surface area contributed by atoms with Gasteiger partial charge in [0.2, 0.25) is 0 Å². The quantitative estimate of drug-likeness (QED) is 0.668. The van der Waals surface area contributed by atoms with E-state index in [1.54, 1.807) is 0 Å². The van der Waals surface area contributed by atoms with Crippen molar-refractivity contribution in [2.45, 2.75) is 25.9 Å². The van der Waals surface area contributed by atoms with E-state index in [2.05, 4.69) is 25.1 Å². The van der Waals surface area contributed by atoms with E-state index in [0.717, 1.165) is 18.6 Å². The Kier molecular flexibility index (Phi) is 2.35. The molecular weight excluding hydrogens is 160 g/mol. The lowest BCUT2D eigenvalue weighted by Gasteiger charge is -2.20. The number of hydrogen-bond donors (Lipinski definition) is 0. The van der Waals surface area contributed by atoms with E-state index in [1.165, 1.54) is 5.56 Å². The number of ether oxygens (including phenoxy) is 1. The molecule has 0 fully saturated rings. The van der Waals surface area contributed by atoms with Crippen molar-refractivity contribution in [1.29, 1.82) is 0 Å². The second-order valence-corrected chi connectivity index (χ2v) is 3.34. The Balaban J connectivity index is 2.19. The molecule has 0 bridgehead atoms. The Morgan fingerprint density at radius 1 is 1.31 bits per heavy atom. The summed E-state index contributed by atoms with van der Waals surface area (Å²) in [6.45, 7) is 2.18. The van der Waals surface area contributed by atoms with Crippen molar-refractivity contribution in [2.24, 2.45) is 0 Å². The van der Waals surface area contributed by atoms with E-state index in [-0.39, 0.29) is 6.10 Å². The fraction of sp³-hybridized carbons (Fsp3) is 0.333. The molecule has 0 aromatic heterocycles. The molecule has 1 aromatic rings. The monoisotopic (exact) mass is 174 g/mol. The minimum atomic E-state index is 0.278. The molecule has 0 saturated heterocycles. The molecule has 0 saturated carbocycles. The largest absolute Gasteiger partial charge is 0.486 e. The minimum absolute atomic E-state index is 0.278. The number of hydrogen-bond acceptors (Lipinski definition) is 1. The summed E-state index contributed by atoms with van der Waals surface area (Å²) in [5.41, 5.74) is 1.19. The van der Waals surface area contributed by atoms with Gasteiger partial charge in [0.25, 0.3) is 0 Å². The fourth-order valence-corrected chi connectivity index (χ4v) is 1.58. The van der Waals surface area contributed by atoms with Crippen LogP contribution in [0.15, 0.2) is 30.3 Å². The van der Waals surface area contributed by atoms with Gasteiger partial charge < -0.3 is 4.74 Å².